The van der Waals surface area contributed by atoms with Gasteiger partial charge in [-0.3, -0.25) is 4.79 Å². The highest BCUT2D eigenvalue weighted by molar-refractivity contribution is 8.01. The van der Waals surface area contributed by atoms with Crippen LogP contribution >= 0.6 is 23.3 Å². The second-order valence-corrected chi connectivity index (χ2v) is 6.37. The van der Waals surface area contributed by atoms with Gasteiger partial charge in [0.25, 0.3) is 0 Å². The Kier molecular flexibility index (Phi) is 3.85. The van der Waals surface area contributed by atoms with Gasteiger partial charge in [-0.05, 0) is 49.3 Å². The lowest BCUT2D eigenvalue weighted by Crippen LogP contribution is -1.98. The van der Waals surface area contributed by atoms with Crippen LogP contribution in [0.25, 0.3) is 5.69 Å². The predicted molar refractivity (Wildman–Crippen MR) is 82.5 cm³/mol. The number of aldehydes is 1. The standard InChI is InChI=1S/C14H12N4OS2/c1-9-12(8-19)13(20-14-15-10(2)17-21-14)18(16-9)11-6-4-3-5-7-11/h3-8H,1-2H3. The molecule has 0 N–H and O–H groups in total. The van der Waals surface area contributed by atoms with E-state index < -0.39 is 0 Å². The molecule has 0 fully saturated rings. The fraction of sp³-hybridized carbons (Fsp3) is 0.143. The zero-order valence-corrected chi connectivity index (χ0v) is 13.1. The molecule has 3 aromatic rings. The van der Waals surface area contributed by atoms with Gasteiger partial charge < -0.3 is 0 Å². The zero-order chi connectivity index (χ0) is 14.8. The Morgan fingerprint density at radius 3 is 2.62 bits per heavy atom. The summed E-state index contributed by atoms with van der Waals surface area (Å²) in [6.45, 7) is 3.68. The summed E-state index contributed by atoms with van der Waals surface area (Å²) >= 11 is 2.74. The second kappa shape index (κ2) is 5.79. The highest BCUT2D eigenvalue weighted by Crippen LogP contribution is 2.33. The number of carbonyl (C=O) groups excluding carboxylic acids is 1. The van der Waals surface area contributed by atoms with E-state index in [9.17, 15) is 4.79 Å². The number of aromatic nitrogens is 4. The van der Waals surface area contributed by atoms with E-state index in [0.29, 0.717) is 11.3 Å². The van der Waals surface area contributed by atoms with Gasteiger partial charge in [0.05, 0.1) is 16.9 Å². The first-order chi connectivity index (χ1) is 10.2. The molecule has 0 aliphatic carbocycles. The molecule has 0 saturated heterocycles. The van der Waals surface area contributed by atoms with Crippen LogP contribution in [0.1, 0.15) is 21.9 Å². The van der Waals surface area contributed by atoms with Gasteiger partial charge in [0.1, 0.15) is 10.9 Å². The molecule has 5 nitrogen and oxygen atoms in total. The monoisotopic (exact) mass is 316 g/mol. The summed E-state index contributed by atoms with van der Waals surface area (Å²) in [5, 5.41) is 5.24. The maximum absolute atomic E-state index is 11.4. The molecule has 7 heteroatoms. The highest BCUT2D eigenvalue weighted by atomic mass is 32.2. The molecule has 2 heterocycles. The van der Waals surface area contributed by atoms with Crippen molar-refractivity contribution in [2.24, 2.45) is 0 Å². The Bertz CT molecular complexity index is 780. The summed E-state index contributed by atoms with van der Waals surface area (Å²) in [6, 6.07) is 9.74. The van der Waals surface area contributed by atoms with Crippen LogP contribution < -0.4 is 0 Å². The minimum Gasteiger partial charge on any atom is -0.298 e. The molecule has 0 amide bonds. The number of para-hydroxylation sites is 1. The van der Waals surface area contributed by atoms with E-state index in [4.69, 9.17) is 0 Å². The Hall–Kier alpha value is -1.99. The molecule has 1 aromatic carbocycles. The average molecular weight is 316 g/mol. The van der Waals surface area contributed by atoms with Crippen LogP contribution in [-0.4, -0.2) is 25.4 Å². The van der Waals surface area contributed by atoms with Gasteiger partial charge in [0.2, 0.25) is 0 Å². The largest absolute Gasteiger partial charge is 0.298 e. The first-order valence-corrected chi connectivity index (χ1v) is 7.86. The summed E-state index contributed by atoms with van der Waals surface area (Å²) in [5.41, 5.74) is 2.21. The lowest BCUT2D eigenvalue weighted by atomic mass is 10.3. The Morgan fingerprint density at radius 2 is 2.00 bits per heavy atom. The number of hydrogen-bond donors (Lipinski definition) is 0. The maximum Gasteiger partial charge on any atom is 0.176 e. The molecule has 0 aliphatic rings. The third kappa shape index (κ3) is 2.74. The van der Waals surface area contributed by atoms with Crippen LogP contribution in [0.2, 0.25) is 0 Å². The van der Waals surface area contributed by atoms with Gasteiger partial charge in [-0.15, -0.1) is 0 Å². The number of hydrogen-bond acceptors (Lipinski definition) is 6. The van der Waals surface area contributed by atoms with E-state index in [1.165, 1.54) is 23.3 Å². The van der Waals surface area contributed by atoms with Crippen LogP contribution in [0.15, 0.2) is 39.7 Å². The molecule has 0 bridgehead atoms. The summed E-state index contributed by atoms with van der Waals surface area (Å²) < 4.78 is 6.75. The fourth-order valence-corrected chi connectivity index (χ4v) is 3.70. The molecule has 0 radical (unpaired) electrons. The third-order valence-corrected chi connectivity index (χ3v) is 4.80. The second-order valence-electron chi connectivity index (χ2n) is 4.38. The van der Waals surface area contributed by atoms with E-state index in [2.05, 4.69) is 14.5 Å². The number of benzene rings is 1. The van der Waals surface area contributed by atoms with Crippen molar-refractivity contribution in [3.05, 3.63) is 47.4 Å². The molecular formula is C14H12N4OS2. The molecule has 3 rings (SSSR count). The highest BCUT2D eigenvalue weighted by Gasteiger charge is 2.18. The first kappa shape index (κ1) is 14.0. The van der Waals surface area contributed by atoms with Crippen molar-refractivity contribution in [1.29, 1.82) is 0 Å². The SMILES string of the molecule is Cc1nsc(Sc2c(C=O)c(C)nn2-c2ccccc2)n1. The smallest absolute Gasteiger partial charge is 0.176 e. The molecule has 106 valence electrons. The van der Waals surface area contributed by atoms with Crippen LogP contribution in [-0.2, 0) is 0 Å². The molecular weight excluding hydrogens is 304 g/mol. The normalized spacial score (nSPS) is 10.8. The lowest BCUT2D eigenvalue weighted by molar-refractivity contribution is 0.112. The van der Waals surface area contributed by atoms with Gasteiger partial charge in [0.15, 0.2) is 10.6 Å². The fourth-order valence-electron chi connectivity index (χ4n) is 1.90. The van der Waals surface area contributed by atoms with E-state index >= 15 is 0 Å². The van der Waals surface area contributed by atoms with Crippen molar-refractivity contribution < 1.29 is 4.79 Å². The molecule has 0 unspecified atom stereocenters. The summed E-state index contributed by atoms with van der Waals surface area (Å²) in [5.74, 6) is 0.734. The Balaban J connectivity index is 2.10. The van der Waals surface area contributed by atoms with Crippen molar-refractivity contribution >= 4 is 29.6 Å². The van der Waals surface area contributed by atoms with E-state index in [1.807, 2.05) is 44.2 Å². The Morgan fingerprint density at radius 1 is 1.24 bits per heavy atom. The van der Waals surface area contributed by atoms with Gasteiger partial charge in [0, 0.05) is 0 Å². The van der Waals surface area contributed by atoms with Gasteiger partial charge >= 0.3 is 0 Å². The number of rotatable bonds is 4. The van der Waals surface area contributed by atoms with Crippen LogP contribution in [0.3, 0.4) is 0 Å². The van der Waals surface area contributed by atoms with Crippen LogP contribution in [0.4, 0.5) is 0 Å². The minimum absolute atomic E-state index is 0.594. The molecule has 2 aromatic heterocycles. The Labute approximate surface area is 130 Å². The van der Waals surface area contributed by atoms with Crippen LogP contribution in [0, 0.1) is 13.8 Å². The zero-order valence-electron chi connectivity index (χ0n) is 11.5. The molecule has 0 aliphatic heterocycles. The first-order valence-electron chi connectivity index (χ1n) is 6.27. The molecule has 0 spiro atoms. The quantitative estimate of drug-likeness (QED) is 0.691. The number of aryl methyl sites for hydroxylation is 2. The van der Waals surface area contributed by atoms with Gasteiger partial charge in [-0.25, -0.2) is 9.67 Å². The third-order valence-electron chi connectivity index (χ3n) is 2.87. The molecule has 0 atom stereocenters. The van der Waals surface area contributed by atoms with Gasteiger partial charge in [-0.2, -0.15) is 9.47 Å². The van der Waals surface area contributed by atoms with E-state index in [0.717, 1.165) is 27.2 Å². The summed E-state index contributed by atoms with van der Waals surface area (Å²) in [6.07, 6.45) is 0.845. The maximum atomic E-state index is 11.4. The van der Waals surface area contributed by atoms with Crippen molar-refractivity contribution in [1.82, 2.24) is 19.1 Å². The van der Waals surface area contributed by atoms with Crippen molar-refractivity contribution in [2.45, 2.75) is 23.2 Å². The van der Waals surface area contributed by atoms with Crippen molar-refractivity contribution in [2.75, 3.05) is 0 Å². The number of carbonyl (C=O) groups is 1. The average Bonchev–Trinajstić information content (AvgIpc) is 3.04. The van der Waals surface area contributed by atoms with E-state index in [1.54, 1.807) is 4.68 Å². The lowest BCUT2D eigenvalue weighted by Gasteiger charge is -2.05. The molecule has 21 heavy (non-hydrogen) atoms. The van der Waals surface area contributed by atoms with Crippen molar-refractivity contribution in [3.63, 3.8) is 0 Å². The summed E-state index contributed by atoms with van der Waals surface area (Å²) in [7, 11) is 0. The van der Waals surface area contributed by atoms with Crippen molar-refractivity contribution in [3.8, 4) is 5.69 Å². The summed E-state index contributed by atoms with van der Waals surface area (Å²) in [4.78, 5) is 15.7. The van der Waals surface area contributed by atoms with Crippen LogP contribution in [0.5, 0.6) is 0 Å². The van der Waals surface area contributed by atoms with Gasteiger partial charge in [-0.1, -0.05) is 18.2 Å². The topological polar surface area (TPSA) is 60.7 Å². The van der Waals surface area contributed by atoms with E-state index in [-0.39, 0.29) is 0 Å². The molecule has 0 saturated carbocycles. The number of nitrogens with zero attached hydrogens (tertiary/aromatic N) is 4. The predicted octanol–water partition coefficient (Wildman–Crippen LogP) is 3.30. The minimum atomic E-state index is 0.594.